The fourth-order valence-corrected chi connectivity index (χ4v) is 2.95. The highest BCUT2D eigenvalue weighted by Crippen LogP contribution is 2.25. The summed E-state index contributed by atoms with van der Waals surface area (Å²) in [5, 5.41) is 7.56. The van der Waals surface area contributed by atoms with E-state index in [1.54, 1.807) is 20.1 Å². The molecule has 3 rings (SSSR count). The predicted octanol–water partition coefficient (Wildman–Crippen LogP) is 4.42. The van der Waals surface area contributed by atoms with Crippen molar-refractivity contribution in [2.24, 2.45) is 0 Å². The molecule has 2 aromatic carbocycles. The molecule has 0 fully saturated rings. The van der Waals surface area contributed by atoms with E-state index in [-0.39, 0.29) is 12.0 Å². The Labute approximate surface area is 156 Å². The number of nitrogens with zero attached hydrogens (tertiary/aromatic N) is 1. The van der Waals surface area contributed by atoms with Crippen LogP contribution in [0.3, 0.4) is 0 Å². The molecular formula is C20H19ClN2O3. The third-order valence-corrected chi connectivity index (χ3v) is 4.33. The summed E-state index contributed by atoms with van der Waals surface area (Å²) in [5.41, 5.74) is 2.67. The Bertz CT molecular complexity index is 893. The van der Waals surface area contributed by atoms with Crippen molar-refractivity contribution in [1.82, 2.24) is 10.5 Å². The summed E-state index contributed by atoms with van der Waals surface area (Å²) < 4.78 is 10.7. The van der Waals surface area contributed by atoms with Gasteiger partial charge in [-0.1, -0.05) is 59.2 Å². The van der Waals surface area contributed by atoms with Gasteiger partial charge in [-0.25, -0.2) is 0 Å². The minimum Gasteiger partial charge on any atom is -0.375 e. The Morgan fingerprint density at radius 3 is 2.69 bits per heavy atom. The molecule has 0 saturated carbocycles. The van der Waals surface area contributed by atoms with Gasteiger partial charge in [-0.05, 0) is 24.6 Å². The van der Waals surface area contributed by atoms with Crippen molar-refractivity contribution in [3.05, 3.63) is 76.5 Å². The van der Waals surface area contributed by atoms with Crippen LogP contribution >= 0.6 is 11.6 Å². The van der Waals surface area contributed by atoms with Gasteiger partial charge in [0.15, 0.2) is 0 Å². The largest absolute Gasteiger partial charge is 0.375 e. The molecule has 1 unspecified atom stereocenters. The predicted molar refractivity (Wildman–Crippen MR) is 100 cm³/mol. The monoisotopic (exact) mass is 370 g/mol. The molecule has 0 radical (unpaired) electrons. The maximum atomic E-state index is 12.7. The highest BCUT2D eigenvalue weighted by atomic mass is 35.5. The first-order valence-corrected chi connectivity index (χ1v) is 8.56. The normalized spacial score (nSPS) is 12.0. The number of hydrogen-bond donors (Lipinski definition) is 1. The molecule has 26 heavy (non-hydrogen) atoms. The lowest BCUT2D eigenvalue weighted by Crippen LogP contribution is -2.29. The number of methoxy groups -OCH3 is 1. The van der Waals surface area contributed by atoms with E-state index in [0.29, 0.717) is 28.6 Å². The van der Waals surface area contributed by atoms with Crippen LogP contribution in [0.2, 0.25) is 5.02 Å². The number of rotatable bonds is 6. The first kappa shape index (κ1) is 18.2. The zero-order valence-electron chi connectivity index (χ0n) is 14.5. The smallest absolute Gasteiger partial charge is 0.257 e. The molecule has 1 atom stereocenters. The van der Waals surface area contributed by atoms with Crippen molar-refractivity contribution >= 4 is 17.5 Å². The average Bonchev–Trinajstić information content (AvgIpc) is 3.04. The Hall–Kier alpha value is -2.63. The molecule has 0 bridgehead atoms. The molecule has 0 spiro atoms. The second kappa shape index (κ2) is 8.17. The number of carbonyl (C=O) groups excluding carboxylic acids is 1. The van der Waals surface area contributed by atoms with Crippen LogP contribution in [0.25, 0.3) is 11.3 Å². The lowest BCUT2D eigenvalue weighted by molar-refractivity contribution is 0.0827. The van der Waals surface area contributed by atoms with Gasteiger partial charge in [-0.15, -0.1) is 0 Å². The van der Waals surface area contributed by atoms with Gasteiger partial charge in [0.25, 0.3) is 5.91 Å². The van der Waals surface area contributed by atoms with E-state index < -0.39 is 0 Å². The Morgan fingerprint density at radius 2 is 2.00 bits per heavy atom. The van der Waals surface area contributed by atoms with Gasteiger partial charge in [-0.2, -0.15) is 0 Å². The number of amides is 1. The van der Waals surface area contributed by atoms with Crippen molar-refractivity contribution in [1.29, 1.82) is 0 Å². The van der Waals surface area contributed by atoms with Crippen LogP contribution in [0.4, 0.5) is 0 Å². The van der Waals surface area contributed by atoms with E-state index in [1.807, 2.05) is 48.5 Å². The fraction of sp³-hybridized carbons (Fsp3) is 0.200. The summed E-state index contributed by atoms with van der Waals surface area (Å²) in [5.74, 6) is 0.213. The molecule has 5 nitrogen and oxygen atoms in total. The summed E-state index contributed by atoms with van der Waals surface area (Å²) in [7, 11) is 1.60. The van der Waals surface area contributed by atoms with Crippen molar-refractivity contribution in [3.8, 4) is 11.3 Å². The Balaban J connectivity index is 1.77. The third-order valence-electron chi connectivity index (χ3n) is 4.09. The second-order valence-corrected chi connectivity index (χ2v) is 6.25. The van der Waals surface area contributed by atoms with Crippen LogP contribution in [0.1, 0.15) is 27.8 Å². The van der Waals surface area contributed by atoms with Gasteiger partial charge >= 0.3 is 0 Å². The number of benzene rings is 2. The van der Waals surface area contributed by atoms with Crippen molar-refractivity contribution < 1.29 is 14.1 Å². The van der Waals surface area contributed by atoms with E-state index in [0.717, 1.165) is 11.1 Å². The quantitative estimate of drug-likeness (QED) is 0.697. The molecule has 0 aliphatic carbocycles. The summed E-state index contributed by atoms with van der Waals surface area (Å²) in [6, 6.07) is 16.8. The number of halogens is 1. The number of carbonyl (C=O) groups is 1. The van der Waals surface area contributed by atoms with Crippen LogP contribution in [-0.4, -0.2) is 24.7 Å². The minimum absolute atomic E-state index is 0.258. The molecule has 134 valence electrons. The van der Waals surface area contributed by atoms with Gasteiger partial charge < -0.3 is 14.6 Å². The van der Waals surface area contributed by atoms with Gasteiger partial charge in [0.05, 0.1) is 6.10 Å². The molecule has 3 aromatic rings. The third kappa shape index (κ3) is 3.95. The summed E-state index contributed by atoms with van der Waals surface area (Å²) in [4.78, 5) is 12.7. The van der Waals surface area contributed by atoms with Crippen LogP contribution in [0.5, 0.6) is 0 Å². The van der Waals surface area contributed by atoms with Crippen molar-refractivity contribution in [2.45, 2.75) is 13.0 Å². The SMILES string of the molecule is COC(CNC(=O)c1c(-c2ccccc2)noc1C)c1cccc(Cl)c1. The molecule has 1 amide bonds. The fourth-order valence-electron chi connectivity index (χ4n) is 2.75. The summed E-state index contributed by atoms with van der Waals surface area (Å²) in [6.07, 6.45) is -0.307. The zero-order chi connectivity index (χ0) is 18.5. The van der Waals surface area contributed by atoms with Crippen LogP contribution < -0.4 is 5.32 Å². The highest BCUT2D eigenvalue weighted by molar-refractivity contribution is 6.30. The van der Waals surface area contributed by atoms with Gasteiger partial charge in [0.1, 0.15) is 17.0 Å². The van der Waals surface area contributed by atoms with Gasteiger partial charge in [0.2, 0.25) is 0 Å². The summed E-state index contributed by atoms with van der Waals surface area (Å²) >= 11 is 6.04. The van der Waals surface area contributed by atoms with E-state index in [4.69, 9.17) is 20.9 Å². The topological polar surface area (TPSA) is 64.4 Å². The zero-order valence-corrected chi connectivity index (χ0v) is 15.3. The Kier molecular flexibility index (Phi) is 5.71. The van der Waals surface area contributed by atoms with Gasteiger partial charge in [-0.3, -0.25) is 4.79 Å². The maximum absolute atomic E-state index is 12.7. The van der Waals surface area contributed by atoms with Crippen molar-refractivity contribution in [2.75, 3.05) is 13.7 Å². The number of nitrogens with one attached hydrogen (secondary N) is 1. The molecule has 0 aliphatic rings. The first-order valence-electron chi connectivity index (χ1n) is 8.18. The van der Waals surface area contributed by atoms with Crippen LogP contribution in [0, 0.1) is 6.92 Å². The minimum atomic E-state index is -0.307. The molecule has 1 N–H and O–H groups in total. The van der Waals surface area contributed by atoms with Crippen LogP contribution in [0.15, 0.2) is 59.1 Å². The summed E-state index contributed by atoms with van der Waals surface area (Å²) in [6.45, 7) is 2.02. The second-order valence-electron chi connectivity index (χ2n) is 5.82. The standard InChI is InChI=1S/C20H19ClN2O3/c1-13-18(19(23-26-13)14-7-4-3-5-8-14)20(24)22-12-17(25-2)15-9-6-10-16(21)11-15/h3-11,17H,12H2,1-2H3,(H,22,24). The number of hydrogen-bond acceptors (Lipinski definition) is 4. The molecule has 1 heterocycles. The lowest BCUT2D eigenvalue weighted by atomic mass is 10.1. The van der Waals surface area contributed by atoms with E-state index >= 15 is 0 Å². The van der Waals surface area contributed by atoms with Crippen LogP contribution in [-0.2, 0) is 4.74 Å². The number of aromatic nitrogens is 1. The van der Waals surface area contributed by atoms with E-state index in [1.165, 1.54) is 0 Å². The first-order chi connectivity index (χ1) is 12.6. The Morgan fingerprint density at radius 1 is 1.23 bits per heavy atom. The van der Waals surface area contributed by atoms with E-state index in [9.17, 15) is 4.79 Å². The molecule has 1 aromatic heterocycles. The molecule has 0 saturated heterocycles. The molecule has 6 heteroatoms. The van der Waals surface area contributed by atoms with E-state index in [2.05, 4.69) is 10.5 Å². The average molecular weight is 371 g/mol. The lowest BCUT2D eigenvalue weighted by Gasteiger charge is -2.17. The molecular weight excluding hydrogens is 352 g/mol. The highest BCUT2D eigenvalue weighted by Gasteiger charge is 2.22. The number of ether oxygens (including phenoxy) is 1. The number of aryl methyl sites for hydroxylation is 1. The van der Waals surface area contributed by atoms with Gasteiger partial charge in [0, 0.05) is 24.2 Å². The molecule has 0 aliphatic heterocycles. The maximum Gasteiger partial charge on any atom is 0.257 e. The van der Waals surface area contributed by atoms with Crippen molar-refractivity contribution in [3.63, 3.8) is 0 Å².